The van der Waals surface area contributed by atoms with Gasteiger partial charge in [-0.1, -0.05) is 18.6 Å². The average molecular weight is 270 g/mol. The van der Waals surface area contributed by atoms with Gasteiger partial charge in [0.15, 0.2) is 0 Å². The Morgan fingerprint density at radius 1 is 1.20 bits per heavy atom. The minimum absolute atomic E-state index is 0.628. The van der Waals surface area contributed by atoms with E-state index in [-0.39, 0.29) is 0 Å². The van der Waals surface area contributed by atoms with Gasteiger partial charge in [-0.25, -0.2) is 0 Å². The number of ether oxygens (including phenoxy) is 1. The number of hydrogen-bond acceptors (Lipinski definition) is 3. The van der Waals surface area contributed by atoms with Crippen LogP contribution in [0.5, 0.6) is 5.75 Å². The van der Waals surface area contributed by atoms with Crippen molar-refractivity contribution < 1.29 is 4.74 Å². The Morgan fingerprint density at radius 2 is 1.95 bits per heavy atom. The number of nitriles is 1. The summed E-state index contributed by atoms with van der Waals surface area (Å²) < 4.78 is 5.73. The molecule has 1 saturated carbocycles. The van der Waals surface area contributed by atoms with Gasteiger partial charge in [0, 0.05) is 19.6 Å². The quantitative estimate of drug-likeness (QED) is 0.772. The third-order valence-corrected chi connectivity index (χ3v) is 4.69. The lowest BCUT2D eigenvalue weighted by Crippen LogP contribution is -2.24. The van der Waals surface area contributed by atoms with Crippen molar-refractivity contribution in [1.29, 1.82) is 5.26 Å². The molecule has 0 aromatic heterocycles. The maximum absolute atomic E-state index is 9.00. The van der Waals surface area contributed by atoms with Crippen LogP contribution >= 0.6 is 0 Å². The summed E-state index contributed by atoms with van der Waals surface area (Å²) in [6.07, 6.45) is 5.36. The van der Waals surface area contributed by atoms with Gasteiger partial charge in [-0.2, -0.15) is 5.26 Å². The molecule has 3 heteroatoms. The standard InChI is InChI=1S/C17H22N2O/c18-11-14-5-1-2-8-17(14)20-10-4-9-19-12-15-6-3-7-16(15)13-19/h1-2,5,8,15-16H,3-4,6-7,9-10,12-13H2. The fraction of sp³-hybridized carbons (Fsp3) is 0.588. The van der Waals surface area contributed by atoms with E-state index in [0.29, 0.717) is 17.9 Å². The Bertz CT molecular complexity index is 482. The van der Waals surface area contributed by atoms with Crippen molar-refractivity contribution in [3.63, 3.8) is 0 Å². The second-order valence-corrected chi connectivity index (χ2v) is 6.02. The lowest BCUT2D eigenvalue weighted by Gasteiger charge is -2.16. The topological polar surface area (TPSA) is 36.3 Å². The number of nitrogens with zero attached hydrogens (tertiary/aromatic N) is 2. The third-order valence-electron chi connectivity index (χ3n) is 4.69. The fourth-order valence-corrected chi connectivity index (χ4v) is 3.67. The van der Waals surface area contributed by atoms with Crippen molar-refractivity contribution in [3.05, 3.63) is 29.8 Å². The molecule has 0 bridgehead atoms. The van der Waals surface area contributed by atoms with Crippen LogP contribution < -0.4 is 4.74 Å². The van der Waals surface area contributed by atoms with Crippen LogP contribution in [-0.4, -0.2) is 31.1 Å². The summed E-state index contributed by atoms with van der Waals surface area (Å²) in [5, 5.41) is 9.00. The van der Waals surface area contributed by atoms with E-state index in [4.69, 9.17) is 10.00 Å². The van der Waals surface area contributed by atoms with E-state index in [1.807, 2.05) is 18.2 Å². The first kappa shape index (κ1) is 13.5. The van der Waals surface area contributed by atoms with E-state index >= 15 is 0 Å². The number of hydrogen-bond donors (Lipinski definition) is 0. The van der Waals surface area contributed by atoms with E-state index in [0.717, 1.165) is 24.8 Å². The maximum Gasteiger partial charge on any atom is 0.137 e. The zero-order valence-electron chi connectivity index (χ0n) is 11.9. The summed E-state index contributed by atoms with van der Waals surface area (Å²) in [7, 11) is 0. The summed E-state index contributed by atoms with van der Waals surface area (Å²) in [5.41, 5.74) is 0.628. The molecule has 0 N–H and O–H groups in total. The zero-order chi connectivity index (χ0) is 13.8. The van der Waals surface area contributed by atoms with Crippen LogP contribution in [0.2, 0.25) is 0 Å². The van der Waals surface area contributed by atoms with Gasteiger partial charge >= 0.3 is 0 Å². The van der Waals surface area contributed by atoms with Crippen LogP contribution in [0, 0.1) is 23.2 Å². The molecule has 106 valence electrons. The Morgan fingerprint density at radius 3 is 2.70 bits per heavy atom. The molecule has 1 aliphatic heterocycles. The second kappa shape index (κ2) is 6.28. The summed E-state index contributed by atoms with van der Waals surface area (Å²) >= 11 is 0. The van der Waals surface area contributed by atoms with E-state index in [2.05, 4.69) is 11.0 Å². The van der Waals surface area contributed by atoms with Crippen molar-refractivity contribution in [2.24, 2.45) is 11.8 Å². The minimum atomic E-state index is 0.628. The lowest BCUT2D eigenvalue weighted by molar-refractivity contribution is 0.253. The Balaban J connectivity index is 1.40. The third kappa shape index (κ3) is 2.96. The minimum Gasteiger partial charge on any atom is -0.492 e. The molecule has 0 spiro atoms. The van der Waals surface area contributed by atoms with Gasteiger partial charge in [-0.3, -0.25) is 0 Å². The largest absolute Gasteiger partial charge is 0.492 e. The smallest absolute Gasteiger partial charge is 0.137 e. The molecule has 0 radical (unpaired) electrons. The second-order valence-electron chi connectivity index (χ2n) is 6.02. The first-order valence-corrected chi connectivity index (χ1v) is 7.71. The predicted octanol–water partition coefficient (Wildman–Crippen LogP) is 3.06. The zero-order valence-corrected chi connectivity index (χ0v) is 11.9. The molecule has 3 nitrogen and oxygen atoms in total. The molecule has 1 heterocycles. The van der Waals surface area contributed by atoms with Crippen molar-refractivity contribution >= 4 is 0 Å². The monoisotopic (exact) mass is 270 g/mol. The Labute approximate surface area is 121 Å². The van der Waals surface area contributed by atoms with E-state index in [1.54, 1.807) is 6.07 Å². The van der Waals surface area contributed by atoms with Crippen LogP contribution in [0.25, 0.3) is 0 Å². The van der Waals surface area contributed by atoms with Crippen molar-refractivity contribution in [2.45, 2.75) is 25.7 Å². The first-order valence-electron chi connectivity index (χ1n) is 7.71. The van der Waals surface area contributed by atoms with Gasteiger partial charge < -0.3 is 9.64 Å². The van der Waals surface area contributed by atoms with Gasteiger partial charge in [0.2, 0.25) is 0 Å². The molecule has 1 aromatic rings. The van der Waals surface area contributed by atoms with E-state index in [9.17, 15) is 0 Å². The van der Waals surface area contributed by atoms with Gasteiger partial charge in [-0.15, -0.1) is 0 Å². The number of rotatable bonds is 5. The molecular formula is C17H22N2O. The van der Waals surface area contributed by atoms with Gasteiger partial charge in [0.25, 0.3) is 0 Å². The van der Waals surface area contributed by atoms with Crippen LogP contribution in [0.4, 0.5) is 0 Å². The van der Waals surface area contributed by atoms with Crippen LogP contribution in [-0.2, 0) is 0 Å². The number of para-hydroxylation sites is 1. The van der Waals surface area contributed by atoms with E-state index in [1.165, 1.54) is 32.4 Å². The lowest BCUT2D eigenvalue weighted by atomic mass is 10.0. The normalized spacial score (nSPS) is 25.4. The van der Waals surface area contributed by atoms with Crippen molar-refractivity contribution in [2.75, 3.05) is 26.2 Å². The highest BCUT2D eigenvalue weighted by molar-refractivity contribution is 5.42. The fourth-order valence-electron chi connectivity index (χ4n) is 3.67. The van der Waals surface area contributed by atoms with Gasteiger partial charge in [-0.05, 0) is 43.2 Å². The molecule has 1 saturated heterocycles. The van der Waals surface area contributed by atoms with Crippen molar-refractivity contribution in [1.82, 2.24) is 4.90 Å². The molecule has 2 unspecified atom stereocenters. The molecule has 2 aliphatic rings. The SMILES string of the molecule is N#Cc1ccccc1OCCCN1CC2CCCC2C1. The number of fused-ring (bicyclic) bond motifs is 1. The maximum atomic E-state index is 9.00. The summed E-state index contributed by atoms with van der Waals surface area (Å²) in [5.74, 6) is 2.65. The van der Waals surface area contributed by atoms with Crippen LogP contribution in [0.15, 0.2) is 24.3 Å². The van der Waals surface area contributed by atoms with Crippen LogP contribution in [0.1, 0.15) is 31.2 Å². The average Bonchev–Trinajstić information content (AvgIpc) is 3.05. The molecule has 2 fully saturated rings. The molecule has 20 heavy (non-hydrogen) atoms. The van der Waals surface area contributed by atoms with E-state index < -0.39 is 0 Å². The predicted molar refractivity (Wildman–Crippen MR) is 78.5 cm³/mol. The number of benzene rings is 1. The summed E-state index contributed by atoms with van der Waals surface area (Å²) in [4.78, 5) is 2.59. The van der Waals surface area contributed by atoms with Crippen molar-refractivity contribution in [3.8, 4) is 11.8 Å². The highest BCUT2D eigenvalue weighted by atomic mass is 16.5. The molecule has 1 aliphatic carbocycles. The summed E-state index contributed by atoms with van der Waals surface area (Å²) in [6.45, 7) is 4.41. The molecular weight excluding hydrogens is 248 g/mol. The highest BCUT2D eigenvalue weighted by Gasteiger charge is 2.35. The Hall–Kier alpha value is -1.53. The summed E-state index contributed by atoms with van der Waals surface area (Å²) in [6, 6.07) is 9.63. The van der Waals surface area contributed by atoms with Gasteiger partial charge in [0.05, 0.1) is 12.2 Å². The van der Waals surface area contributed by atoms with Crippen LogP contribution in [0.3, 0.4) is 0 Å². The molecule has 0 amide bonds. The Kier molecular flexibility index (Phi) is 4.22. The highest BCUT2D eigenvalue weighted by Crippen LogP contribution is 2.37. The molecule has 1 aromatic carbocycles. The van der Waals surface area contributed by atoms with Gasteiger partial charge in [0.1, 0.15) is 11.8 Å². The number of likely N-dealkylation sites (tertiary alicyclic amines) is 1. The first-order chi connectivity index (χ1) is 9.86. The molecule has 2 atom stereocenters. The molecule has 3 rings (SSSR count).